The Hall–Kier alpha value is -1.77. The summed E-state index contributed by atoms with van der Waals surface area (Å²) in [6.07, 6.45) is 3.29. The molecular formula is C10H10N2O. The van der Waals surface area contributed by atoms with Crippen LogP contribution in [-0.4, -0.2) is 6.41 Å². The Balaban J connectivity index is 2.22. The van der Waals surface area contributed by atoms with Crippen LogP contribution in [-0.2, 0) is 11.2 Å². The summed E-state index contributed by atoms with van der Waals surface area (Å²) in [5.41, 5.74) is 3.21. The highest BCUT2D eigenvalue weighted by atomic mass is 16.1. The first-order valence-corrected chi connectivity index (χ1v) is 4.14. The van der Waals surface area contributed by atoms with Gasteiger partial charge in [-0.05, 0) is 11.6 Å². The van der Waals surface area contributed by atoms with Crippen LogP contribution in [0.5, 0.6) is 0 Å². The molecule has 0 atom stereocenters. The van der Waals surface area contributed by atoms with Crippen molar-refractivity contribution in [3.05, 3.63) is 41.7 Å². The third-order valence-electron chi connectivity index (χ3n) is 2.04. The van der Waals surface area contributed by atoms with Crippen molar-refractivity contribution in [1.82, 2.24) is 5.32 Å². The van der Waals surface area contributed by atoms with E-state index in [1.54, 1.807) is 0 Å². The van der Waals surface area contributed by atoms with Crippen molar-refractivity contribution >= 4 is 12.1 Å². The third kappa shape index (κ3) is 1.54. The van der Waals surface area contributed by atoms with Crippen molar-refractivity contribution in [3.63, 3.8) is 0 Å². The minimum Gasteiger partial charge on any atom is -0.360 e. The topological polar surface area (TPSA) is 41.1 Å². The molecule has 13 heavy (non-hydrogen) atoms. The molecule has 1 amide bonds. The summed E-state index contributed by atoms with van der Waals surface area (Å²) < 4.78 is 0. The maximum atomic E-state index is 10.2. The van der Waals surface area contributed by atoms with Gasteiger partial charge in [0.05, 0.1) is 0 Å². The molecule has 1 aromatic carbocycles. The quantitative estimate of drug-likeness (QED) is 0.662. The van der Waals surface area contributed by atoms with Crippen LogP contribution in [0.4, 0.5) is 5.69 Å². The summed E-state index contributed by atoms with van der Waals surface area (Å²) in [6.45, 7) is 0. The average molecular weight is 174 g/mol. The summed E-state index contributed by atoms with van der Waals surface area (Å²) in [6, 6.07) is 8.04. The van der Waals surface area contributed by atoms with Gasteiger partial charge in [0, 0.05) is 24.0 Å². The number of rotatable bonds is 2. The van der Waals surface area contributed by atoms with Gasteiger partial charge in [-0.1, -0.05) is 18.2 Å². The van der Waals surface area contributed by atoms with E-state index in [-0.39, 0.29) is 0 Å². The number of hydrogen-bond acceptors (Lipinski definition) is 2. The van der Waals surface area contributed by atoms with E-state index < -0.39 is 0 Å². The second-order valence-corrected chi connectivity index (χ2v) is 2.91. The highest BCUT2D eigenvalue weighted by Crippen LogP contribution is 2.21. The molecule has 0 spiro atoms. The Labute approximate surface area is 76.5 Å². The van der Waals surface area contributed by atoms with Crippen LogP contribution < -0.4 is 10.6 Å². The number of anilines is 1. The molecule has 3 nitrogen and oxygen atoms in total. The number of nitrogens with one attached hydrogen (secondary N) is 2. The van der Waals surface area contributed by atoms with Crippen LogP contribution in [0.25, 0.3) is 0 Å². The van der Waals surface area contributed by atoms with Crippen molar-refractivity contribution in [2.75, 3.05) is 5.32 Å². The maximum absolute atomic E-state index is 10.2. The lowest BCUT2D eigenvalue weighted by Gasteiger charge is -2.16. The molecule has 0 aromatic heterocycles. The van der Waals surface area contributed by atoms with Crippen molar-refractivity contribution in [1.29, 1.82) is 0 Å². The first-order chi connectivity index (χ1) is 6.40. The van der Waals surface area contributed by atoms with E-state index in [9.17, 15) is 4.79 Å². The molecule has 1 heterocycles. The van der Waals surface area contributed by atoms with Crippen LogP contribution in [0.15, 0.2) is 36.2 Å². The first kappa shape index (κ1) is 7.86. The van der Waals surface area contributed by atoms with Crippen molar-refractivity contribution < 1.29 is 4.79 Å². The van der Waals surface area contributed by atoms with Gasteiger partial charge in [0.25, 0.3) is 0 Å². The molecule has 0 unspecified atom stereocenters. The van der Waals surface area contributed by atoms with Gasteiger partial charge in [0.2, 0.25) is 6.41 Å². The molecule has 0 saturated carbocycles. The maximum Gasteiger partial charge on any atom is 0.211 e. The van der Waals surface area contributed by atoms with Crippen LogP contribution in [0, 0.1) is 0 Å². The number of carbonyl (C=O) groups is 1. The molecule has 1 aromatic rings. The summed E-state index contributed by atoms with van der Waals surface area (Å²) >= 11 is 0. The lowest BCUT2D eigenvalue weighted by Crippen LogP contribution is -2.17. The normalized spacial score (nSPS) is 13.7. The molecule has 2 N–H and O–H groups in total. The Morgan fingerprint density at radius 1 is 1.38 bits per heavy atom. The predicted molar refractivity (Wildman–Crippen MR) is 51.1 cm³/mol. The Morgan fingerprint density at radius 3 is 3.08 bits per heavy atom. The lowest BCUT2D eigenvalue weighted by molar-refractivity contribution is -0.108. The minimum atomic E-state index is 0.696. The number of allylic oxidation sites excluding steroid dienone is 1. The zero-order chi connectivity index (χ0) is 9.10. The Morgan fingerprint density at radius 2 is 2.23 bits per heavy atom. The summed E-state index contributed by atoms with van der Waals surface area (Å²) in [5.74, 6) is 0. The predicted octanol–water partition coefficient (Wildman–Crippen LogP) is 1.24. The standard InChI is InChI=1S/C10H10N2O/c13-7-12-9-5-8-3-1-2-4-10(8)11-6-9/h1-4,6-7,11H,5H2,(H,12,13). The van der Waals surface area contributed by atoms with Gasteiger partial charge < -0.3 is 10.6 Å². The molecule has 0 radical (unpaired) electrons. The molecule has 1 aliphatic heterocycles. The summed E-state index contributed by atoms with van der Waals surface area (Å²) in [7, 11) is 0. The Bertz CT molecular complexity index is 358. The van der Waals surface area contributed by atoms with Gasteiger partial charge >= 0.3 is 0 Å². The zero-order valence-corrected chi connectivity index (χ0v) is 7.08. The monoisotopic (exact) mass is 174 g/mol. The second-order valence-electron chi connectivity index (χ2n) is 2.91. The lowest BCUT2D eigenvalue weighted by atomic mass is 10.1. The van der Waals surface area contributed by atoms with Gasteiger partial charge in [-0.25, -0.2) is 0 Å². The number of benzene rings is 1. The summed E-state index contributed by atoms with van der Waals surface area (Å²) in [4.78, 5) is 10.2. The minimum absolute atomic E-state index is 0.696. The van der Waals surface area contributed by atoms with E-state index >= 15 is 0 Å². The summed E-state index contributed by atoms with van der Waals surface area (Å²) in [5, 5.41) is 5.76. The average Bonchev–Trinajstić information content (AvgIpc) is 2.18. The van der Waals surface area contributed by atoms with E-state index in [0.717, 1.165) is 17.8 Å². The van der Waals surface area contributed by atoms with Gasteiger partial charge in [0.15, 0.2) is 0 Å². The van der Waals surface area contributed by atoms with Crippen LogP contribution >= 0.6 is 0 Å². The molecule has 0 bridgehead atoms. The van der Waals surface area contributed by atoms with Gasteiger partial charge in [0.1, 0.15) is 0 Å². The highest BCUT2D eigenvalue weighted by Gasteiger charge is 2.08. The van der Waals surface area contributed by atoms with Gasteiger partial charge in [-0.15, -0.1) is 0 Å². The number of carbonyl (C=O) groups excluding carboxylic acids is 1. The fourth-order valence-corrected chi connectivity index (χ4v) is 1.40. The molecule has 1 aliphatic rings. The van der Waals surface area contributed by atoms with Gasteiger partial charge in [-0.2, -0.15) is 0 Å². The molecule has 0 aliphatic carbocycles. The van der Waals surface area contributed by atoms with Crippen LogP contribution in [0.1, 0.15) is 5.56 Å². The fourth-order valence-electron chi connectivity index (χ4n) is 1.40. The van der Waals surface area contributed by atoms with Crippen molar-refractivity contribution in [3.8, 4) is 0 Å². The highest BCUT2D eigenvalue weighted by molar-refractivity contribution is 5.60. The van der Waals surface area contributed by atoms with Crippen LogP contribution in [0.2, 0.25) is 0 Å². The van der Waals surface area contributed by atoms with E-state index in [1.807, 2.05) is 30.5 Å². The van der Waals surface area contributed by atoms with Crippen molar-refractivity contribution in [2.24, 2.45) is 0 Å². The molecule has 66 valence electrons. The molecule has 3 heteroatoms. The number of amides is 1. The molecule has 0 saturated heterocycles. The van der Waals surface area contributed by atoms with E-state index in [0.29, 0.717) is 6.41 Å². The van der Waals surface area contributed by atoms with Crippen molar-refractivity contribution in [2.45, 2.75) is 6.42 Å². The smallest absolute Gasteiger partial charge is 0.211 e. The van der Waals surface area contributed by atoms with Crippen LogP contribution in [0.3, 0.4) is 0 Å². The first-order valence-electron chi connectivity index (χ1n) is 4.14. The number of hydrogen-bond donors (Lipinski definition) is 2. The largest absolute Gasteiger partial charge is 0.360 e. The number of para-hydroxylation sites is 1. The van der Waals surface area contributed by atoms with Gasteiger partial charge in [-0.3, -0.25) is 4.79 Å². The second kappa shape index (κ2) is 3.31. The SMILES string of the molecule is O=CNC1=CNc2ccccc2C1. The third-order valence-corrected chi connectivity index (χ3v) is 2.04. The fraction of sp³-hybridized carbons (Fsp3) is 0.100. The van der Waals surface area contributed by atoms with E-state index in [1.165, 1.54) is 5.56 Å². The molecule has 2 rings (SSSR count). The zero-order valence-electron chi connectivity index (χ0n) is 7.08. The number of fused-ring (bicyclic) bond motifs is 1. The van der Waals surface area contributed by atoms with E-state index in [4.69, 9.17) is 0 Å². The Kier molecular flexibility index (Phi) is 2.00. The van der Waals surface area contributed by atoms with E-state index in [2.05, 4.69) is 10.6 Å². The molecule has 0 fully saturated rings. The molecular weight excluding hydrogens is 164 g/mol.